The number of carboxylic acid groups (broad SMARTS) is 1. The molecule has 0 aromatic heterocycles. The number of carbonyl (C=O) groups is 1. The van der Waals surface area contributed by atoms with Crippen LogP contribution >= 0.6 is 0 Å². The molecule has 2 rings (SSSR count). The van der Waals surface area contributed by atoms with Crippen LogP contribution in [0.1, 0.15) is 12.0 Å². The van der Waals surface area contributed by atoms with Crippen LogP contribution in [-0.2, 0) is 9.53 Å². The molecule has 4 nitrogen and oxygen atoms in total. The van der Waals surface area contributed by atoms with Crippen molar-refractivity contribution in [2.45, 2.75) is 19.4 Å². The molecule has 1 aliphatic rings. The van der Waals surface area contributed by atoms with Crippen LogP contribution < -0.4 is 5.32 Å². The molecule has 0 spiro atoms. The van der Waals surface area contributed by atoms with Crippen molar-refractivity contribution < 1.29 is 14.6 Å². The first-order valence-electron chi connectivity index (χ1n) is 5.81. The minimum atomic E-state index is -0.816. The van der Waals surface area contributed by atoms with Gasteiger partial charge in [0.05, 0.1) is 6.61 Å². The van der Waals surface area contributed by atoms with Gasteiger partial charge in [-0.3, -0.25) is 0 Å². The lowest BCUT2D eigenvalue weighted by molar-refractivity contribution is -0.139. The van der Waals surface area contributed by atoms with Gasteiger partial charge in [-0.2, -0.15) is 0 Å². The van der Waals surface area contributed by atoms with E-state index in [-0.39, 0.29) is 5.92 Å². The zero-order valence-electron chi connectivity index (χ0n) is 9.85. The number of benzene rings is 1. The number of ether oxygens (including phenoxy) is 1. The second kappa shape index (κ2) is 5.19. The lowest BCUT2D eigenvalue weighted by atomic mass is 9.98. The molecule has 0 amide bonds. The van der Waals surface area contributed by atoms with Crippen LogP contribution in [-0.4, -0.2) is 30.3 Å². The fraction of sp³-hybridized carbons (Fsp3) is 0.462. The molecular weight excluding hydrogens is 218 g/mol. The maximum absolute atomic E-state index is 11.3. The average Bonchev–Trinajstić information content (AvgIpc) is 2.81. The highest BCUT2D eigenvalue weighted by molar-refractivity contribution is 5.78. The monoisotopic (exact) mass is 235 g/mol. The number of hydrogen-bond acceptors (Lipinski definition) is 3. The third-order valence-electron chi connectivity index (χ3n) is 3.16. The first kappa shape index (κ1) is 11.9. The molecule has 0 aliphatic carbocycles. The van der Waals surface area contributed by atoms with Gasteiger partial charge in [0.25, 0.3) is 0 Å². The summed E-state index contributed by atoms with van der Waals surface area (Å²) in [7, 11) is 0. The number of nitrogens with one attached hydrogen (secondary N) is 1. The van der Waals surface area contributed by atoms with Gasteiger partial charge in [-0.15, -0.1) is 0 Å². The van der Waals surface area contributed by atoms with Crippen molar-refractivity contribution in [1.29, 1.82) is 0 Å². The molecule has 1 aliphatic heterocycles. The van der Waals surface area contributed by atoms with Gasteiger partial charge in [0.1, 0.15) is 6.04 Å². The Morgan fingerprint density at radius 1 is 1.53 bits per heavy atom. The Hall–Kier alpha value is -1.55. The quantitative estimate of drug-likeness (QED) is 0.836. The zero-order valence-corrected chi connectivity index (χ0v) is 9.85. The molecule has 17 heavy (non-hydrogen) atoms. The summed E-state index contributed by atoms with van der Waals surface area (Å²) in [5.74, 6) is -0.768. The summed E-state index contributed by atoms with van der Waals surface area (Å²) >= 11 is 0. The van der Waals surface area contributed by atoms with Crippen LogP contribution in [0.3, 0.4) is 0 Å². The van der Waals surface area contributed by atoms with Crippen LogP contribution in [0.2, 0.25) is 0 Å². The molecule has 0 radical (unpaired) electrons. The van der Waals surface area contributed by atoms with Gasteiger partial charge >= 0.3 is 5.97 Å². The summed E-state index contributed by atoms with van der Waals surface area (Å²) in [5, 5.41) is 12.4. The summed E-state index contributed by atoms with van der Waals surface area (Å²) in [5.41, 5.74) is 1.93. The lowest BCUT2D eigenvalue weighted by Crippen LogP contribution is -2.37. The fourth-order valence-corrected chi connectivity index (χ4v) is 2.10. The van der Waals surface area contributed by atoms with E-state index in [2.05, 4.69) is 5.32 Å². The van der Waals surface area contributed by atoms with E-state index in [9.17, 15) is 9.90 Å². The van der Waals surface area contributed by atoms with Crippen LogP contribution in [0.4, 0.5) is 5.69 Å². The summed E-state index contributed by atoms with van der Waals surface area (Å²) in [6.45, 7) is 3.14. The summed E-state index contributed by atoms with van der Waals surface area (Å²) < 4.78 is 5.25. The fourth-order valence-electron chi connectivity index (χ4n) is 2.10. The van der Waals surface area contributed by atoms with E-state index < -0.39 is 12.0 Å². The average molecular weight is 235 g/mol. The predicted octanol–water partition coefficient (Wildman–Crippen LogP) is 1.90. The molecule has 92 valence electrons. The number of anilines is 1. The van der Waals surface area contributed by atoms with Crippen LogP contribution in [0.25, 0.3) is 0 Å². The van der Waals surface area contributed by atoms with E-state index in [1.54, 1.807) is 0 Å². The first-order chi connectivity index (χ1) is 8.18. The van der Waals surface area contributed by atoms with Crippen LogP contribution in [0.5, 0.6) is 0 Å². The molecule has 2 N–H and O–H groups in total. The number of aliphatic carboxylic acids is 1. The van der Waals surface area contributed by atoms with Crippen molar-refractivity contribution in [3.63, 3.8) is 0 Å². The summed E-state index contributed by atoms with van der Waals surface area (Å²) in [4.78, 5) is 11.3. The van der Waals surface area contributed by atoms with E-state index in [1.165, 1.54) is 0 Å². The maximum atomic E-state index is 11.3. The van der Waals surface area contributed by atoms with Crippen molar-refractivity contribution in [2.24, 2.45) is 5.92 Å². The minimum absolute atomic E-state index is 0.0482. The molecule has 4 heteroatoms. The Morgan fingerprint density at radius 2 is 2.29 bits per heavy atom. The topological polar surface area (TPSA) is 58.6 Å². The highest BCUT2D eigenvalue weighted by Gasteiger charge is 2.31. The van der Waals surface area contributed by atoms with Gasteiger partial charge in [-0.1, -0.05) is 18.2 Å². The Morgan fingerprint density at radius 3 is 2.88 bits per heavy atom. The van der Waals surface area contributed by atoms with Gasteiger partial charge in [-0.25, -0.2) is 4.79 Å². The van der Waals surface area contributed by atoms with Gasteiger partial charge in [0.15, 0.2) is 0 Å². The first-order valence-corrected chi connectivity index (χ1v) is 5.81. The van der Waals surface area contributed by atoms with Gasteiger partial charge in [0, 0.05) is 18.2 Å². The summed E-state index contributed by atoms with van der Waals surface area (Å²) in [6.07, 6.45) is 0.801. The number of aryl methyl sites for hydroxylation is 1. The predicted molar refractivity (Wildman–Crippen MR) is 65.2 cm³/mol. The third kappa shape index (κ3) is 2.77. The Labute approximate surface area is 101 Å². The van der Waals surface area contributed by atoms with Gasteiger partial charge in [0.2, 0.25) is 0 Å². The number of carboxylic acids is 1. The number of hydrogen-bond donors (Lipinski definition) is 2. The Kier molecular flexibility index (Phi) is 3.64. The zero-order chi connectivity index (χ0) is 12.3. The molecular formula is C13H17NO3. The second-order valence-corrected chi connectivity index (χ2v) is 4.40. The molecule has 1 heterocycles. The molecule has 2 unspecified atom stereocenters. The van der Waals surface area contributed by atoms with E-state index in [0.717, 1.165) is 17.7 Å². The number of para-hydroxylation sites is 1. The van der Waals surface area contributed by atoms with Crippen molar-refractivity contribution in [3.8, 4) is 0 Å². The number of rotatable bonds is 4. The minimum Gasteiger partial charge on any atom is -0.480 e. The SMILES string of the molecule is Cc1ccccc1NC(C(=O)O)C1CCOC1. The van der Waals surface area contributed by atoms with Crippen molar-refractivity contribution in [3.05, 3.63) is 29.8 Å². The van der Waals surface area contributed by atoms with E-state index in [4.69, 9.17) is 4.74 Å². The highest BCUT2D eigenvalue weighted by atomic mass is 16.5. The lowest BCUT2D eigenvalue weighted by Gasteiger charge is -2.21. The van der Waals surface area contributed by atoms with E-state index >= 15 is 0 Å². The molecule has 1 aromatic rings. The van der Waals surface area contributed by atoms with E-state index in [0.29, 0.717) is 13.2 Å². The molecule has 1 aromatic carbocycles. The highest BCUT2D eigenvalue weighted by Crippen LogP contribution is 2.22. The van der Waals surface area contributed by atoms with Crippen molar-refractivity contribution in [2.75, 3.05) is 18.5 Å². The van der Waals surface area contributed by atoms with Gasteiger partial charge in [-0.05, 0) is 25.0 Å². The molecule has 0 bridgehead atoms. The normalized spacial score (nSPS) is 21.1. The van der Waals surface area contributed by atoms with Gasteiger partial charge < -0.3 is 15.2 Å². The van der Waals surface area contributed by atoms with Crippen LogP contribution in [0.15, 0.2) is 24.3 Å². The smallest absolute Gasteiger partial charge is 0.326 e. The van der Waals surface area contributed by atoms with E-state index in [1.807, 2.05) is 31.2 Å². The van der Waals surface area contributed by atoms with Crippen LogP contribution in [0, 0.1) is 12.8 Å². The Bertz CT molecular complexity index is 399. The maximum Gasteiger partial charge on any atom is 0.326 e. The van der Waals surface area contributed by atoms with Crippen molar-refractivity contribution >= 4 is 11.7 Å². The third-order valence-corrected chi connectivity index (χ3v) is 3.16. The molecule has 0 saturated carbocycles. The molecule has 2 atom stereocenters. The summed E-state index contributed by atoms with van der Waals surface area (Å²) in [6, 6.07) is 7.14. The standard InChI is InChI=1S/C13H17NO3/c1-9-4-2-3-5-11(9)14-12(13(15)16)10-6-7-17-8-10/h2-5,10,12,14H,6-8H2,1H3,(H,15,16). The molecule has 1 fully saturated rings. The Balaban J connectivity index is 2.12. The second-order valence-electron chi connectivity index (χ2n) is 4.40. The molecule has 1 saturated heterocycles. The largest absolute Gasteiger partial charge is 0.480 e. The van der Waals surface area contributed by atoms with Crippen molar-refractivity contribution in [1.82, 2.24) is 0 Å².